The Labute approximate surface area is 91.7 Å². The summed E-state index contributed by atoms with van der Waals surface area (Å²) in [6.45, 7) is 0. The fourth-order valence-electron chi connectivity index (χ4n) is 0.787. The van der Waals surface area contributed by atoms with Gasteiger partial charge in [0.1, 0.15) is 5.82 Å². The Morgan fingerprint density at radius 3 is 2.62 bits per heavy atom. The fourth-order valence-corrected chi connectivity index (χ4v) is 1.29. The second-order valence-electron chi connectivity index (χ2n) is 2.14. The van der Waals surface area contributed by atoms with E-state index < -0.39 is 11.8 Å². The number of carboxylic acid groups (broad SMARTS) is 1. The maximum atomic E-state index is 12.8. The Morgan fingerprint density at radius 2 is 2.15 bits per heavy atom. The molecule has 0 unspecified atom stereocenters. The van der Waals surface area contributed by atoms with Crippen LogP contribution in [0, 0.1) is 5.82 Å². The first-order valence-electron chi connectivity index (χ1n) is 3.20. The molecule has 0 radical (unpaired) electrons. The molecule has 0 N–H and O–H groups in total. The maximum Gasteiger partial charge on any atom is 1.00 e. The van der Waals surface area contributed by atoms with Gasteiger partial charge in [-0.3, -0.25) is 0 Å². The van der Waals surface area contributed by atoms with E-state index in [4.69, 9.17) is 0 Å². The summed E-state index contributed by atoms with van der Waals surface area (Å²) in [5, 5.41) is 10.3. The molecule has 13 heavy (non-hydrogen) atoms. The molecule has 0 aliphatic rings. The summed E-state index contributed by atoms with van der Waals surface area (Å²) in [7, 11) is 0. The van der Waals surface area contributed by atoms with Gasteiger partial charge in [0.05, 0.1) is 5.97 Å². The van der Waals surface area contributed by atoms with Gasteiger partial charge < -0.3 is 9.90 Å². The van der Waals surface area contributed by atoms with Crippen molar-refractivity contribution in [2.45, 2.75) is 4.90 Å². The predicted molar refractivity (Wildman–Crippen MR) is 42.5 cm³/mol. The van der Waals surface area contributed by atoms with Gasteiger partial charge in [-0.15, -0.1) is 11.8 Å². The first-order valence-corrected chi connectivity index (χ1v) is 4.42. The average molecular weight is 192 g/mol. The zero-order valence-electron chi connectivity index (χ0n) is 7.33. The Balaban J connectivity index is 0.00000144. The van der Waals surface area contributed by atoms with Crippen LogP contribution in [0.5, 0.6) is 0 Å². The molecule has 0 aliphatic heterocycles. The number of hydrogen-bond acceptors (Lipinski definition) is 3. The summed E-state index contributed by atoms with van der Waals surface area (Å²) in [6.07, 6.45) is 1.68. The monoisotopic (exact) mass is 192 g/mol. The average Bonchev–Trinajstić information content (AvgIpc) is 2.05. The van der Waals surface area contributed by atoms with E-state index in [9.17, 15) is 14.3 Å². The van der Waals surface area contributed by atoms with Crippen LogP contribution in [-0.2, 0) is 0 Å². The largest absolute Gasteiger partial charge is 1.00 e. The number of carbonyl (C=O) groups excluding carboxylic acids is 1. The Bertz CT molecular complexity index is 317. The Hall–Kier alpha value is -0.433. The summed E-state index contributed by atoms with van der Waals surface area (Å²) >= 11 is 1.16. The molecule has 0 aliphatic carbocycles. The van der Waals surface area contributed by atoms with Gasteiger partial charge in [0.2, 0.25) is 0 Å². The van der Waals surface area contributed by atoms with Crippen molar-refractivity contribution < 1.29 is 33.2 Å². The van der Waals surface area contributed by atoms with Crippen LogP contribution in [-0.4, -0.2) is 12.2 Å². The zero-order chi connectivity index (χ0) is 9.14. The van der Waals surface area contributed by atoms with Crippen molar-refractivity contribution >= 4 is 17.7 Å². The normalized spacial score (nSPS) is 9.08. The van der Waals surface area contributed by atoms with Crippen LogP contribution in [0.3, 0.4) is 0 Å². The second kappa shape index (κ2) is 5.33. The molecule has 1 rings (SSSR count). The van der Waals surface area contributed by atoms with Gasteiger partial charge in [0, 0.05) is 4.90 Å². The third-order valence-corrected chi connectivity index (χ3v) is 2.14. The van der Waals surface area contributed by atoms with Crippen molar-refractivity contribution in [1.29, 1.82) is 0 Å². The minimum atomic E-state index is -1.29. The Kier molecular flexibility index (Phi) is 5.15. The van der Waals surface area contributed by atoms with Crippen molar-refractivity contribution in [2.24, 2.45) is 0 Å². The van der Waals surface area contributed by atoms with E-state index in [1.165, 1.54) is 12.1 Å². The third-order valence-electron chi connectivity index (χ3n) is 1.39. The second-order valence-corrected chi connectivity index (χ2v) is 2.98. The third kappa shape index (κ3) is 3.07. The summed E-state index contributed by atoms with van der Waals surface area (Å²) in [4.78, 5) is 10.7. The number of rotatable bonds is 2. The van der Waals surface area contributed by atoms with E-state index >= 15 is 0 Å². The number of carboxylic acids is 1. The number of thioether (sulfide) groups is 1. The summed E-state index contributed by atoms with van der Waals surface area (Å²) in [5.74, 6) is -1.70. The molecule has 1 aromatic rings. The molecule has 5 heteroatoms. The molecule has 0 aromatic heterocycles. The quantitative estimate of drug-likeness (QED) is 0.398. The van der Waals surface area contributed by atoms with E-state index in [1.807, 2.05) is 0 Å². The SMILES string of the molecule is CSc1cc(C(=O)[O-])ccc1F.[Li+]. The number of benzene rings is 1. The van der Waals surface area contributed by atoms with Crippen LogP contribution < -0.4 is 24.0 Å². The van der Waals surface area contributed by atoms with Gasteiger partial charge in [-0.1, -0.05) is 6.07 Å². The van der Waals surface area contributed by atoms with E-state index in [0.717, 1.165) is 17.8 Å². The van der Waals surface area contributed by atoms with Crippen LogP contribution in [0.25, 0.3) is 0 Å². The molecule has 64 valence electrons. The summed E-state index contributed by atoms with van der Waals surface area (Å²) in [5.41, 5.74) is 0.000694. The standard InChI is InChI=1S/C8H7FO2S.Li/c1-12-7-4-5(8(10)11)2-3-6(7)9;/h2-4H,1H3,(H,10,11);/q;+1/p-1. The van der Waals surface area contributed by atoms with Crippen molar-refractivity contribution in [1.82, 2.24) is 0 Å². The van der Waals surface area contributed by atoms with Crippen LogP contribution in [0.2, 0.25) is 0 Å². The van der Waals surface area contributed by atoms with E-state index in [-0.39, 0.29) is 24.4 Å². The number of halogens is 1. The topological polar surface area (TPSA) is 40.1 Å². The van der Waals surface area contributed by atoms with E-state index in [2.05, 4.69) is 0 Å². The molecular formula is C8H6FLiO2S. The number of aromatic carboxylic acids is 1. The minimum absolute atomic E-state index is 0. The van der Waals surface area contributed by atoms with Crippen molar-refractivity contribution in [2.75, 3.05) is 6.26 Å². The van der Waals surface area contributed by atoms with Crippen LogP contribution in [0.4, 0.5) is 4.39 Å². The first-order chi connectivity index (χ1) is 5.65. The van der Waals surface area contributed by atoms with Crippen molar-refractivity contribution in [3.63, 3.8) is 0 Å². The van der Waals surface area contributed by atoms with Crippen LogP contribution in [0.1, 0.15) is 10.4 Å². The van der Waals surface area contributed by atoms with Gasteiger partial charge in [-0.25, -0.2) is 4.39 Å². The zero-order valence-corrected chi connectivity index (χ0v) is 8.15. The fraction of sp³-hybridized carbons (Fsp3) is 0.125. The summed E-state index contributed by atoms with van der Waals surface area (Å²) < 4.78 is 12.8. The Morgan fingerprint density at radius 1 is 1.54 bits per heavy atom. The number of carbonyl (C=O) groups is 1. The van der Waals surface area contributed by atoms with Crippen LogP contribution in [0.15, 0.2) is 23.1 Å². The van der Waals surface area contributed by atoms with Crippen molar-refractivity contribution in [3.8, 4) is 0 Å². The molecule has 0 saturated carbocycles. The molecule has 0 atom stereocenters. The van der Waals surface area contributed by atoms with E-state index in [0.29, 0.717) is 4.90 Å². The predicted octanol–water partition coefficient (Wildman–Crippen LogP) is -2.08. The molecule has 0 saturated heterocycles. The smallest absolute Gasteiger partial charge is 0.545 e. The maximum absolute atomic E-state index is 12.8. The van der Waals surface area contributed by atoms with Crippen molar-refractivity contribution in [3.05, 3.63) is 29.6 Å². The number of hydrogen-bond donors (Lipinski definition) is 0. The van der Waals surface area contributed by atoms with Gasteiger partial charge in [-0.2, -0.15) is 0 Å². The molecule has 2 nitrogen and oxygen atoms in total. The molecule has 0 amide bonds. The van der Waals surface area contributed by atoms with E-state index in [1.54, 1.807) is 6.26 Å². The molecule has 0 heterocycles. The minimum Gasteiger partial charge on any atom is -0.545 e. The molecule has 0 fully saturated rings. The molecule has 0 spiro atoms. The van der Waals surface area contributed by atoms with Gasteiger partial charge in [0.15, 0.2) is 0 Å². The first kappa shape index (κ1) is 12.6. The van der Waals surface area contributed by atoms with Gasteiger partial charge >= 0.3 is 18.9 Å². The van der Waals surface area contributed by atoms with Gasteiger partial charge in [-0.05, 0) is 24.0 Å². The molecule has 1 aromatic carbocycles. The molecular weight excluding hydrogens is 186 g/mol. The van der Waals surface area contributed by atoms with Crippen LogP contribution >= 0.6 is 11.8 Å². The van der Waals surface area contributed by atoms with Gasteiger partial charge in [0.25, 0.3) is 0 Å². The molecule has 0 bridgehead atoms. The summed E-state index contributed by atoms with van der Waals surface area (Å²) in [6, 6.07) is 3.57.